The third kappa shape index (κ3) is 2.18. The molecule has 0 bridgehead atoms. The highest BCUT2D eigenvalue weighted by molar-refractivity contribution is 7.89. The lowest BCUT2D eigenvalue weighted by molar-refractivity contribution is 0.401. The van der Waals surface area contributed by atoms with Gasteiger partial charge in [0.25, 0.3) is 0 Å². The minimum Gasteiger partial charge on any atom is -0.207 e. The van der Waals surface area contributed by atoms with E-state index in [1.165, 1.54) is 0 Å². The van der Waals surface area contributed by atoms with Gasteiger partial charge in [-0.3, -0.25) is 0 Å². The summed E-state index contributed by atoms with van der Waals surface area (Å²) in [6.07, 6.45) is 1.75. The van der Waals surface area contributed by atoms with Crippen molar-refractivity contribution in [3.05, 3.63) is 40.6 Å². The van der Waals surface area contributed by atoms with Crippen LogP contribution in [0, 0.1) is 0 Å². The number of thiophene rings is 1. The fraction of sp³-hybridized carbons (Fsp3) is 0.286. The minimum atomic E-state index is -3.57. The number of nitrogens with zero attached hydrogens (tertiary/aromatic N) is 3. The number of aromatic nitrogens is 2. The molecule has 8 heteroatoms. The van der Waals surface area contributed by atoms with Crippen molar-refractivity contribution < 1.29 is 8.42 Å². The van der Waals surface area contributed by atoms with Crippen LogP contribution in [0.25, 0.3) is 11.0 Å². The van der Waals surface area contributed by atoms with Gasteiger partial charge in [0, 0.05) is 11.4 Å². The molecule has 3 heterocycles. The molecule has 4 rings (SSSR count). The summed E-state index contributed by atoms with van der Waals surface area (Å²) in [4.78, 5) is 1.37. The average molecular weight is 351 g/mol. The highest BCUT2D eigenvalue weighted by atomic mass is 32.2. The van der Waals surface area contributed by atoms with Gasteiger partial charge in [-0.15, -0.1) is 11.3 Å². The Hall–Kier alpha value is -1.35. The van der Waals surface area contributed by atoms with Crippen LogP contribution in [0.2, 0.25) is 0 Å². The number of hydrogen-bond acceptors (Lipinski definition) is 6. The van der Waals surface area contributed by atoms with Gasteiger partial charge in [0.2, 0.25) is 10.0 Å². The number of sulfonamides is 1. The SMILES string of the molecule is O=S(=O)(c1cccc2nsnc12)N1CCC[C@@H]1c1cccs1. The zero-order valence-electron chi connectivity index (χ0n) is 11.5. The summed E-state index contributed by atoms with van der Waals surface area (Å²) in [5, 5.41) is 1.99. The summed E-state index contributed by atoms with van der Waals surface area (Å²) in [6.45, 7) is 0.554. The summed E-state index contributed by atoms with van der Waals surface area (Å²) in [5.41, 5.74) is 1.11. The lowest BCUT2D eigenvalue weighted by atomic mass is 10.2. The lowest BCUT2D eigenvalue weighted by Crippen LogP contribution is -2.30. The fourth-order valence-corrected chi connectivity index (χ4v) is 6.28. The summed E-state index contributed by atoms with van der Waals surface area (Å²) in [7, 11) is -3.57. The van der Waals surface area contributed by atoms with Crippen LogP contribution in [0.1, 0.15) is 23.8 Å². The normalized spacial score (nSPS) is 19.9. The fourth-order valence-electron chi connectivity index (χ4n) is 2.91. The van der Waals surface area contributed by atoms with E-state index in [4.69, 9.17) is 0 Å². The second-order valence-corrected chi connectivity index (χ2v) is 8.54. The second kappa shape index (κ2) is 5.38. The largest absolute Gasteiger partial charge is 0.245 e. The molecule has 0 N–H and O–H groups in total. The van der Waals surface area contributed by atoms with Crippen LogP contribution in [-0.4, -0.2) is 28.0 Å². The zero-order chi connectivity index (χ0) is 15.2. The number of hydrogen-bond donors (Lipinski definition) is 0. The van der Waals surface area contributed by atoms with Crippen molar-refractivity contribution in [2.75, 3.05) is 6.54 Å². The molecule has 2 aromatic heterocycles. The van der Waals surface area contributed by atoms with Gasteiger partial charge in [0.1, 0.15) is 15.9 Å². The number of rotatable bonds is 3. The maximum atomic E-state index is 13.1. The molecule has 0 amide bonds. The molecular weight excluding hydrogens is 338 g/mol. The van der Waals surface area contributed by atoms with Crippen molar-refractivity contribution in [2.45, 2.75) is 23.8 Å². The average Bonchev–Trinajstić information content (AvgIpc) is 3.25. The molecule has 3 aromatic rings. The molecule has 22 heavy (non-hydrogen) atoms. The predicted octanol–water partition coefficient (Wildman–Crippen LogP) is 3.28. The van der Waals surface area contributed by atoms with E-state index in [0.29, 0.717) is 17.6 Å². The molecule has 1 aliphatic heterocycles. The molecule has 1 aliphatic rings. The minimum absolute atomic E-state index is 0.0631. The van der Waals surface area contributed by atoms with Crippen molar-refractivity contribution in [2.24, 2.45) is 0 Å². The Morgan fingerprint density at radius 3 is 2.91 bits per heavy atom. The summed E-state index contributed by atoms with van der Waals surface area (Å²) >= 11 is 2.65. The van der Waals surface area contributed by atoms with Crippen molar-refractivity contribution in [3.63, 3.8) is 0 Å². The van der Waals surface area contributed by atoms with Crippen LogP contribution in [0.4, 0.5) is 0 Å². The first-order chi connectivity index (χ1) is 10.7. The van der Waals surface area contributed by atoms with Gasteiger partial charge in [0.05, 0.1) is 17.8 Å². The van der Waals surface area contributed by atoms with Crippen molar-refractivity contribution in [3.8, 4) is 0 Å². The molecular formula is C14H13N3O2S3. The van der Waals surface area contributed by atoms with Gasteiger partial charge >= 0.3 is 0 Å². The lowest BCUT2D eigenvalue weighted by Gasteiger charge is -2.23. The van der Waals surface area contributed by atoms with Crippen molar-refractivity contribution in [1.29, 1.82) is 0 Å². The van der Waals surface area contributed by atoms with Crippen LogP contribution in [-0.2, 0) is 10.0 Å². The first-order valence-corrected chi connectivity index (χ1v) is 9.99. The van der Waals surface area contributed by atoms with Crippen LogP contribution >= 0.6 is 23.1 Å². The summed E-state index contributed by atoms with van der Waals surface area (Å²) < 4.78 is 36.2. The van der Waals surface area contributed by atoms with Gasteiger partial charge in [-0.1, -0.05) is 12.1 Å². The molecule has 1 atom stereocenters. The second-order valence-electron chi connectivity index (χ2n) is 5.18. The smallest absolute Gasteiger partial charge is 0.207 e. The van der Waals surface area contributed by atoms with E-state index in [1.54, 1.807) is 33.8 Å². The van der Waals surface area contributed by atoms with Crippen LogP contribution < -0.4 is 0 Å². The Labute approximate surface area is 136 Å². The van der Waals surface area contributed by atoms with Gasteiger partial charge in [-0.25, -0.2) is 8.42 Å². The quantitative estimate of drug-likeness (QED) is 0.726. The topological polar surface area (TPSA) is 63.2 Å². The first-order valence-electron chi connectivity index (χ1n) is 6.94. The van der Waals surface area contributed by atoms with E-state index in [1.807, 2.05) is 17.5 Å². The van der Waals surface area contributed by atoms with E-state index < -0.39 is 10.0 Å². The predicted molar refractivity (Wildman–Crippen MR) is 87.6 cm³/mol. The Bertz CT molecular complexity index is 902. The third-order valence-corrected chi connectivity index (χ3v) is 7.37. The van der Waals surface area contributed by atoms with Gasteiger partial charge < -0.3 is 0 Å². The molecule has 1 aromatic carbocycles. The molecule has 0 aliphatic carbocycles. The van der Waals surface area contributed by atoms with E-state index >= 15 is 0 Å². The molecule has 0 saturated carbocycles. The highest BCUT2D eigenvalue weighted by Crippen LogP contribution is 2.39. The maximum Gasteiger partial charge on any atom is 0.245 e. The Morgan fingerprint density at radius 1 is 1.18 bits per heavy atom. The van der Waals surface area contributed by atoms with E-state index in [9.17, 15) is 8.42 Å². The Morgan fingerprint density at radius 2 is 2.09 bits per heavy atom. The van der Waals surface area contributed by atoms with E-state index in [-0.39, 0.29) is 10.9 Å². The van der Waals surface area contributed by atoms with Crippen molar-refractivity contribution in [1.82, 2.24) is 13.1 Å². The maximum absolute atomic E-state index is 13.1. The van der Waals surface area contributed by atoms with E-state index in [2.05, 4.69) is 8.75 Å². The molecule has 114 valence electrons. The molecule has 0 radical (unpaired) electrons. The summed E-state index contributed by atoms with van der Waals surface area (Å²) in [5.74, 6) is 0. The molecule has 5 nitrogen and oxygen atoms in total. The summed E-state index contributed by atoms with van der Waals surface area (Å²) in [6, 6.07) is 9.06. The van der Waals surface area contributed by atoms with Crippen LogP contribution in [0.15, 0.2) is 40.6 Å². The third-order valence-electron chi connectivity index (χ3n) is 3.91. The van der Waals surface area contributed by atoms with Crippen LogP contribution in [0.5, 0.6) is 0 Å². The zero-order valence-corrected chi connectivity index (χ0v) is 14.0. The van der Waals surface area contributed by atoms with Crippen molar-refractivity contribution >= 4 is 44.1 Å². The number of fused-ring (bicyclic) bond motifs is 1. The number of benzene rings is 1. The van der Waals surface area contributed by atoms with Gasteiger partial charge in [-0.2, -0.15) is 13.1 Å². The standard InChI is InChI=1S/C14H13N3O2S3/c18-22(19,13-7-1-4-10-14(13)16-21-15-10)17-8-2-5-11(17)12-6-3-9-20-12/h1,3-4,6-7,9,11H,2,5,8H2/t11-/m1/s1. The molecule has 1 fully saturated rings. The highest BCUT2D eigenvalue weighted by Gasteiger charge is 2.37. The molecule has 0 unspecified atom stereocenters. The monoisotopic (exact) mass is 351 g/mol. The molecule has 1 saturated heterocycles. The van der Waals surface area contributed by atoms with Gasteiger partial charge in [-0.05, 0) is 36.4 Å². The molecule has 0 spiro atoms. The van der Waals surface area contributed by atoms with Crippen LogP contribution in [0.3, 0.4) is 0 Å². The first kappa shape index (κ1) is 14.3. The van der Waals surface area contributed by atoms with E-state index in [0.717, 1.165) is 29.4 Å². The van der Waals surface area contributed by atoms with Gasteiger partial charge in [0.15, 0.2) is 0 Å². The Balaban J connectivity index is 1.82. The Kier molecular flexibility index (Phi) is 3.48.